The van der Waals surface area contributed by atoms with Gasteiger partial charge in [-0.1, -0.05) is 47.5 Å². The number of rotatable bonds is 7. The van der Waals surface area contributed by atoms with E-state index in [4.69, 9.17) is 16.3 Å². The molecule has 1 aliphatic rings. The molecule has 150 valence electrons. The molecule has 1 N–H and O–H groups in total. The Morgan fingerprint density at radius 3 is 2.50 bits per heavy atom. The maximum atomic E-state index is 12.3. The first kappa shape index (κ1) is 20.6. The highest BCUT2D eigenvalue weighted by Gasteiger charge is 2.20. The van der Waals surface area contributed by atoms with E-state index >= 15 is 0 Å². The van der Waals surface area contributed by atoms with Crippen molar-refractivity contribution in [1.82, 2.24) is 15.1 Å². The van der Waals surface area contributed by atoms with Crippen molar-refractivity contribution in [3.8, 4) is 5.75 Å². The Hall–Kier alpha value is -2.08. The van der Waals surface area contributed by atoms with Crippen molar-refractivity contribution in [1.29, 1.82) is 0 Å². The zero-order valence-corrected chi connectivity index (χ0v) is 17.3. The summed E-state index contributed by atoms with van der Waals surface area (Å²) in [6.45, 7) is 7.50. The number of hydrogen-bond donors (Lipinski definition) is 1. The van der Waals surface area contributed by atoms with Crippen LogP contribution in [0.5, 0.6) is 5.75 Å². The number of benzene rings is 2. The molecule has 1 fully saturated rings. The first-order valence-electron chi connectivity index (χ1n) is 9.63. The molecule has 1 aliphatic heterocycles. The van der Waals surface area contributed by atoms with Crippen LogP contribution in [-0.4, -0.2) is 55.5 Å². The molecule has 1 amide bonds. The Labute approximate surface area is 172 Å². The average Bonchev–Trinajstić information content (AvgIpc) is 2.69. The maximum absolute atomic E-state index is 12.3. The first-order chi connectivity index (χ1) is 13.5. The van der Waals surface area contributed by atoms with Gasteiger partial charge in [0.15, 0.2) is 0 Å². The van der Waals surface area contributed by atoms with Crippen molar-refractivity contribution in [2.75, 3.05) is 39.8 Å². The standard InChI is InChI=1S/C22H28ClN3O2/c1-17-7-8-21(28-2)19(13-17)15-25-9-11-26(12-10-25)16-22(27)24-14-18-5-3-4-6-20(18)23/h3-8,13H,9-12,14-16H2,1-2H3,(H,24,27). The van der Waals surface area contributed by atoms with Gasteiger partial charge in [-0.05, 0) is 24.6 Å². The summed E-state index contributed by atoms with van der Waals surface area (Å²) in [5, 5.41) is 3.65. The van der Waals surface area contributed by atoms with Crippen molar-refractivity contribution in [3.63, 3.8) is 0 Å². The van der Waals surface area contributed by atoms with Crippen molar-refractivity contribution < 1.29 is 9.53 Å². The van der Waals surface area contributed by atoms with Crippen LogP contribution in [0, 0.1) is 6.92 Å². The lowest BCUT2D eigenvalue weighted by Crippen LogP contribution is -2.49. The van der Waals surface area contributed by atoms with Crippen molar-refractivity contribution >= 4 is 17.5 Å². The number of hydrogen-bond acceptors (Lipinski definition) is 4. The lowest BCUT2D eigenvalue weighted by molar-refractivity contribution is -0.122. The number of aryl methyl sites for hydroxylation is 1. The molecule has 5 nitrogen and oxygen atoms in total. The SMILES string of the molecule is COc1ccc(C)cc1CN1CCN(CC(=O)NCc2ccccc2Cl)CC1. The van der Waals surface area contributed by atoms with Crippen molar-refractivity contribution in [2.45, 2.75) is 20.0 Å². The summed E-state index contributed by atoms with van der Waals surface area (Å²) in [4.78, 5) is 16.9. The molecule has 6 heteroatoms. The Kier molecular flexibility index (Phi) is 7.31. The second-order valence-corrected chi connectivity index (χ2v) is 7.64. The lowest BCUT2D eigenvalue weighted by Gasteiger charge is -2.34. The molecule has 0 radical (unpaired) electrons. The molecule has 1 heterocycles. The van der Waals surface area contributed by atoms with Crippen LogP contribution in [0.25, 0.3) is 0 Å². The van der Waals surface area contributed by atoms with Crippen molar-refractivity contribution in [2.24, 2.45) is 0 Å². The smallest absolute Gasteiger partial charge is 0.234 e. The van der Waals surface area contributed by atoms with E-state index in [1.165, 1.54) is 11.1 Å². The molecule has 0 atom stereocenters. The monoisotopic (exact) mass is 401 g/mol. The fourth-order valence-corrected chi connectivity index (χ4v) is 3.67. The summed E-state index contributed by atoms with van der Waals surface area (Å²) in [7, 11) is 1.72. The molecule has 1 saturated heterocycles. The number of ether oxygens (including phenoxy) is 1. The molecular weight excluding hydrogens is 374 g/mol. The van der Waals surface area contributed by atoms with Crippen LogP contribution < -0.4 is 10.1 Å². The zero-order chi connectivity index (χ0) is 19.9. The minimum Gasteiger partial charge on any atom is -0.496 e. The van der Waals surface area contributed by atoms with E-state index in [1.54, 1.807) is 7.11 Å². The predicted octanol–water partition coefficient (Wildman–Crippen LogP) is 3.09. The number of carbonyl (C=O) groups is 1. The number of amides is 1. The summed E-state index contributed by atoms with van der Waals surface area (Å²) in [5.41, 5.74) is 3.40. The third-order valence-corrected chi connectivity index (χ3v) is 5.46. The predicted molar refractivity (Wildman–Crippen MR) is 113 cm³/mol. The van der Waals surface area contributed by atoms with E-state index in [0.717, 1.165) is 44.0 Å². The van der Waals surface area contributed by atoms with Gasteiger partial charge in [0.05, 0.1) is 13.7 Å². The van der Waals surface area contributed by atoms with Crippen molar-refractivity contribution in [3.05, 3.63) is 64.2 Å². The van der Waals surface area contributed by atoms with E-state index in [1.807, 2.05) is 30.3 Å². The number of nitrogens with one attached hydrogen (secondary N) is 1. The van der Waals surface area contributed by atoms with Crippen LogP contribution in [0.3, 0.4) is 0 Å². The molecule has 0 spiro atoms. The Balaban J connectivity index is 1.43. The summed E-state index contributed by atoms with van der Waals surface area (Å²) < 4.78 is 5.49. The minimum atomic E-state index is 0.0359. The lowest BCUT2D eigenvalue weighted by atomic mass is 10.1. The van der Waals surface area contributed by atoms with E-state index in [9.17, 15) is 4.79 Å². The number of halogens is 1. The van der Waals surface area contributed by atoms with Crippen LogP contribution >= 0.6 is 11.6 Å². The molecule has 2 aromatic carbocycles. The molecule has 0 unspecified atom stereocenters. The number of piperazine rings is 1. The average molecular weight is 402 g/mol. The molecule has 28 heavy (non-hydrogen) atoms. The number of nitrogens with zero attached hydrogens (tertiary/aromatic N) is 2. The summed E-state index contributed by atoms with van der Waals surface area (Å²) >= 11 is 6.14. The van der Waals surface area contributed by atoms with Crippen LogP contribution in [0.4, 0.5) is 0 Å². The van der Waals surface area contributed by atoms with E-state index in [2.05, 4.69) is 34.2 Å². The molecule has 0 saturated carbocycles. The van der Waals surface area contributed by atoms with E-state index < -0.39 is 0 Å². The number of methoxy groups -OCH3 is 1. The summed E-state index contributed by atoms with van der Waals surface area (Å²) in [6, 6.07) is 13.9. The fourth-order valence-electron chi connectivity index (χ4n) is 3.47. The minimum absolute atomic E-state index is 0.0359. The Morgan fingerprint density at radius 2 is 1.79 bits per heavy atom. The largest absolute Gasteiger partial charge is 0.496 e. The first-order valence-corrected chi connectivity index (χ1v) is 10.0. The van der Waals surface area contributed by atoms with Gasteiger partial charge in [0.1, 0.15) is 5.75 Å². The maximum Gasteiger partial charge on any atom is 0.234 e. The van der Waals surface area contributed by atoms with Gasteiger partial charge in [-0.3, -0.25) is 14.6 Å². The second kappa shape index (κ2) is 9.92. The molecule has 2 aromatic rings. The quantitative estimate of drug-likeness (QED) is 0.774. The summed E-state index contributed by atoms with van der Waals surface area (Å²) in [5.74, 6) is 0.973. The third kappa shape index (κ3) is 5.71. The highest BCUT2D eigenvalue weighted by molar-refractivity contribution is 6.31. The van der Waals surface area contributed by atoms with Crippen LogP contribution in [-0.2, 0) is 17.9 Å². The van der Waals surface area contributed by atoms with Gasteiger partial charge in [0, 0.05) is 49.9 Å². The van der Waals surface area contributed by atoms with Gasteiger partial charge in [-0.2, -0.15) is 0 Å². The van der Waals surface area contributed by atoms with Crippen LogP contribution in [0.1, 0.15) is 16.7 Å². The van der Waals surface area contributed by atoms with Gasteiger partial charge < -0.3 is 10.1 Å². The molecule has 0 bridgehead atoms. The molecular formula is C22H28ClN3O2. The highest BCUT2D eigenvalue weighted by atomic mass is 35.5. The van der Waals surface area contributed by atoms with Gasteiger partial charge in [-0.25, -0.2) is 0 Å². The Morgan fingerprint density at radius 1 is 1.07 bits per heavy atom. The van der Waals surface area contributed by atoms with Crippen LogP contribution in [0.2, 0.25) is 5.02 Å². The fraction of sp³-hybridized carbons (Fsp3) is 0.409. The van der Waals surface area contributed by atoms with E-state index in [0.29, 0.717) is 18.1 Å². The normalized spacial score (nSPS) is 15.4. The van der Waals surface area contributed by atoms with Crippen LogP contribution in [0.15, 0.2) is 42.5 Å². The van der Waals surface area contributed by atoms with Gasteiger partial charge in [-0.15, -0.1) is 0 Å². The van der Waals surface area contributed by atoms with Gasteiger partial charge >= 0.3 is 0 Å². The summed E-state index contributed by atoms with van der Waals surface area (Å²) in [6.07, 6.45) is 0. The zero-order valence-electron chi connectivity index (χ0n) is 16.6. The topological polar surface area (TPSA) is 44.8 Å². The molecule has 0 aliphatic carbocycles. The molecule has 0 aromatic heterocycles. The van der Waals surface area contributed by atoms with E-state index in [-0.39, 0.29) is 5.91 Å². The molecule has 3 rings (SSSR count). The third-order valence-electron chi connectivity index (χ3n) is 5.10. The van der Waals surface area contributed by atoms with Gasteiger partial charge in [0.2, 0.25) is 5.91 Å². The second-order valence-electron chi connectivity index (χ2n) is 7.24. The van der Waals surface area contributed by atoms with Gasteiger partial charge in [0.25, 0.3) is 0 Å². The highest BCUT2D eigenvalue weighted by Crippen LogP contribution is 2.22. The number of carbonyl (C=O) groups excluding carboxylic acids is 1. The Bertz CT molecular complexity index is 804.